The molecule has 0 aliphatic carbocycles. The molecule has 27 heavy (non-hydrogen) atoms. The van der Waals surface area contributed by atoms with Gasteiger partial charge in [-0.3, -0.25) is 9.20 Å². The number of benzene rings is 2. The van der Waals surface area contributed by atoms with Crippen molar-refractivity contribution in [1.82, 2.24) is 14.6 Å². The average Bonchev–Trinajstić information content (AvgIpc) is 3.07. The summed E-state index contributed by atoms with van der Waals surface area (Å²) < 4.78 is 2.01. The van der Waals surface area contributed by atoms with Crippen molar-refractivity contribution in [1.29, 1.82) is 0 Å². The second-order valence-electron chi connectivity index (χ2n) is 6.61. The van der Waals surface area contributed by atoms with Gasteiger partial charge in [-0.25, -0.2) is 0 Å². The van der Waals surface area contributed by atoms with Gasteiger partial charge in [0.2, 0.25) is 5.91 Å². The Balaban J connectivity index is 1.58. The summed E-state index contributed by atoms with van der Waals surface area (Å²) >= 11 is 1.39. The van der Waals surface area contributed by atoms with Crippen molar-refractivity contribution in [2.24, 2.45) is 0 Å². The molecule has 1 N–H and O–H groups in total. The maximum Gasteiger partial charge on any atom is 0.234 e. The highest BCUT2D eigenvalue weighted by atomic mass is 32.2. The van der Waals surface area contributed by atoms with Crippen LogP contribution in [0.15, 0.2) is 53.7 Å². The third-order valence-electron chi connectivity index (χ3n) is 4.78. The quantitative estimate of drug-likeness (QED) is 0.531. The van der Waals surface area contributed by atoms with Crippen molar-refractivity contribution in [2.45, 2.75) is 25.9 Å². The first-order valence-corrected chi connectivity index (χ1v) is 9.75. The van der Waals surface area contributed by atoms with Gasteiger partial charge in [0.05, 0.1) is 11.3 Å². The number of carbonyl (C=O) groups is 1. The van der Waals surface area contributed by atoms with Crippen LogP contribution < -0.4 is 5.32 Å². The number of anilines is 1. The topological polar surface area (TPSA) is 59.3 Å². The van der Waals surface area contributed by atoms with Crippen LogP contribution in [0.25, 0.3) is 16.6 Å². The smallest absolute Gasteiger partial charge is 0.234 e. The molecule has 136 valence electrons. The monoisotopic (exact) mass is 376 g/mol. The van der Waals surface area contributed by atoms with E-state index < -0.39 is 0 Å². The van der Waals surface area contributed by atoms with Gasteiger partial charge in [-0.05, 0) is 55.7 Å². The molecule has 4 rings (SSSR count). The van der Waals surface area contributed by atoms with Gasteiger partial charge in [-0.1, -0.05) is 42.1 Å². The highest BCUT2D eigenvalue weighted by Gasteiger charge is 2.13. The van der Waals surface area contributed by atoms with Crippen LogP contribution in [0, 0.1) is 20.8 Å². The van der Waals surface area contributed by atoms with Crippen molar-refractivity contribution in [3.8, 4) is 0 Å². The zero-order valence-electron chi connectivity index (χ0n) is 15.5. The van der Waals surface area contributed by atoms with E-state index in [4.69, 9.17) is 0 Å². The molecule has 0 unspecified atom stereocenters. The lowest BCUT2D eigenvalue weighted by Crippen LogP contribution is -2.15. The molecule has 0 fully saturated rings. The predicted octanol–water partition coefficient (Wildman–Crippen LogP) is 4.54. The van der Waals surface area contributed by atoms with Crippen molar-refractivity contribution >= 4 is 39.9 Å². The molecule has 1 amide bonds. The van der Waals surface area contributed by atoms with Gasteiger partial charge in [0.1, 0.15) is 0 Å². The molecule has 0 saturated heterocycles. The second-order valence-corrected chi connectivity index (χ2v) is 7.55. The number of para-hydroxylation sites is 1. The molecule has 2 aromatic carbocycles. The normalized spacial score (nSPS) is 11.2. The summed E-state index contributed by atoms with van der Waals surface area (Å²) in [6, 6.07) is 16.1. The van der Waals surface area contributed by atoms with Crippen LogP contribution in [-0.2, 0) is 4.79 Å². The first kappa shape index (κ1) is 17.5. The van der Waals surface area contributed by atoms with Crippen molar-refractivity contribution < 1.29 is 4.79 Å². The van der Waals surface area contributed by atoms with Crippen molar-refractivity contribution in [3.63, 3.8) is 0 Å². The number of carbonyl (C=O) groups excluding carboxylic acids is 1. The Morgan fingerprint density at radius 3 is 2.70 bits per heavy atom. The molecule has 0 aliphatic heterocycles. The van der Waals surface area contributed by atoms with Crippen LogP contribution >= 0.6 is 11.8 Å². The minimum atomic E-state index is -0.0538. The molecule has 0 radical (unpaired) electrons. The lowest BCUT2D eigenvalue weighted by Gasteiger charge is -2.10. The van der Waals surface area contributed by atoms with E-state index >= 15 is 0 Å². The van der Waals surface area contributed by atoms with E-state index in [0.717, 1.165) is 44.1 Å². The number of hydrogen-bond acceptors (Lipinski definition) is 4. The van der Waals surface area contributed by atoms with Gasteiger partial charge in [0, 0.05) is 11.1 Å². The average molecular weight is 376 g/mol. The maximum atomic E-state index is 12.4. The predicted molar refractivity (Wildman–Crippen MR) is 110 cm³/mol. The summed E-state index contributed by atoms with van der Waals surface area (Å²) in [7, 11) is 0. The van der Waals surface area contributed by atoms with Crippen LogP contribution in [-0.4, -0.2) is 26.3 Å². The first-order valence-electron chi connectivity index (χ1n) is 8.77. The molecule has 4 aromatic rings. The third-order valence-corrected chi connectivity index (χ3v) is 5.71. The van der Waals surface area contributed by atoms with Crippen LogP contribution in [0.1, 0.15) is 16.7 Å². The molecule has 0 bridgehead atoms. The number of rotatable bonds is 4. The lowest BCUT2D eigenvalue weighted by molar-refractivity contribution is -0.113. The fraction of sp³-hybridized carbons (Fsp3) is 0.190. The molecule has 5 nitrogen and oxygen atoms in total. The van der Waals surface area contributed by atoms with Gasteiger partial charge >= 0.3 is 0 Å². The van der Waals surface area contributed by atoms with Gasteiger partial charge in [-0.2, -0.15) is 0 Å². The molecule has 0 atom stereocenters. The van der Waals surface area contributed by atoms with Crippen LogP contribution in [0.4, 0.5) is 5.69 Å². The highest BCUT2D eigenvalue weighted by molar-refractivity contribution is 7.99. The second kappa shape index (κ2) is 7.04. The van der Waals surface area contributed by atoms with Crippen LogP contribution in [0.5, 0.6) is 0 Å². The van der Waals surface area contributed by atoms with E-state index in [0.29, 0.717) is 0 Å². The summed E-state index contributed by atoms with van der Waals surface area (Å²) in [5, 5.41) is 13.4. The fourth-order valence-corrected chi connectivity index (χ4v) is 3.92. The standard InChI is InChI=1S/C21H20N4OS/c1-13-7-6-9-17(15(13)3)22-20(26)12-27-21-24-23-19-11-14(2)16-8-4-5-10-18(16)25(19)21/h4-11H,12H2,1-3H3,(H,22,26). The summed E-state index contributed by atoms with van der Waals surface area (Å²) in [6.45, 7) is 6.12. The number of pyridine rings is 1. The van der Waals surface area contributed by atoms with E-state index in [2.05, 4.69) is 34.6 Å². The number of amides is 1. The molecular weight excluding hydrogens is 356 g/mol. The molecule has 0 aliphatic rings. The SMILES string of the molecule is Cc1cccc(NC(=O)CSc2nnc3cc(C)c4ccccc4n23)c1C. The number of nitrogens with one attached hydrogen (secondary N) is 1. The highest BCUT2D eigenvalue weighted by Crippen LogP contribution is 2.26. The van der Waals surface area contributed by atoms with Crippen molar-refractivity contribution in [3.05, 3.63) is 65.2 Å². The number of fused-ring (bicyclic) bond motifs is 3. The summed E-state index contributed by atoms with van der Waals surface area (Å²) in [4.78, 5) is 12.4. The Morgan fingerprint density at radius 1 is 1.04 bits per heavy atom. The Kier molecular flexibility index (Phi) is 4.58. The van der Waals surface area contributed by atoms with Gasteiger partial charge in [-0.15, -0.1) is 10.2 Å². The van der Waals surface area contributed by atoms with E-state index in [1.165, 1.54) is 11.8 Å². The number of aromatic nitrogens is 3. The van der Waals surface area contributed by atoms with Crippen molar-refractivity contribution in [2.75, 3.05) is 11.1 Å². The van der Waals surface area contributed by atoms with Gasteiger partial charge < -0.3 is 5.32 Å². The summed E-state index contributed by atoms with van der Waals surface area (Å²) in [5.74, 6) is 0.220. The molecule has 6 heteroatoms. The lowest BCUT2D eigenvalue weighted by atomic mass is 10.1. The number of thioether (sulfide) groups is 1. The molecule has 0 saturated carbocycles. The fourth-order valence-electron chi connectivity index (χ4n) is 3.17. The Hall–Kier alpha value is -2.86. The molecule has 2 aromatic heterocycles. The molecule has 2 heterocycles. The zero-order valence-corrected chi connectivity index (χ0v) is 16.3. The van der Waals surface area contributed by atoms with Gasteiger partial charge in [0.15, 0.2) is 10.8 Å². The van der Waals surface area contributed by atoms with E-state index in [1.54, 1.807) is 0 Å². The largest absolute Gasteiger partial charge is 0.325 e. The van der Waals surface area contributed by atoms with Crippen LogP contribution in [0.2, 0.25) is 0 Å². The van der Waals surface area contributed by atoms with Gasteiger partial charge in [0.25, 0.3) is 0 Å². The van der Waals surface area contributed by atoms with Crippen LogP contribution in [0.3, 0.4) is 0 Å². The van der Waals surface area contributed by atoms with E-state index in [-0.39, 0.29) is 11.7 Å². The summed E-state index contributed by atoms with van der Waals surface area (Å²) in [5.41, 5.74) is 6.11. The first-order chi connectivity index (χ1) is 13.0. The number of aryl methyl sites for hydroxylation is 2. The maximum absolute atomic E-state index is 12.4. The Morgan fingerprint density at radius 2 is 1.85 bits per heavy atom. The minimum Gasteiger partial charge on any atom is -0.325 e. The zero-order chi connectivity index (χ0) is 19.0. The molecular formula is C21H20N4OS. The summed E-state index contributed by atoms with van der Waals surface area (Å²) in [6.07, 6.45) is 0. The number of nitrogens with zero attached hydrogens (tertiary/aromatic N) is 3. The third kappa shape index (κ3) is 3.28. The Bertz CT molecular complexity index is 1170. The minimum absolute atomic E-state index is 0.0538. The van der Waals surface area contributed by atoms with E-state index in [9.17, 15) is 4.79 Å². The Labute approximate surface area is 161 Å². The van der Waals surface area contributed by atoms with E-state index in [1.807, 2.05) is 54.6 Å². The molecule has 0 spiro atoms. The number of hydrogen-bond donors (Lipinski definition) is 1.